The Labute approximate surface area is 123 Å². The lowest BCUT2D eigenvalue weighted by atomic mass is 9.55. The van der Waals surface area contributed by atoms with E-state index in [2.05, 4.69) is 24.1 Å². The van der Waals surface area contributed by atoms with E-state index in [9.17, 15) is 0 Å². The average Bonchev–Trinajstić information content (AvgIpc) is 3.30. The van der Waals surface area contributed by atoms with Gasteiger partial charge in [-0.25, -0.2) is 0 Å². The van der Waals surface area contributed by atoms with Crippen LogP contribution in [0.1, 0.15) is 52.4 Å². The number of hydrogen-bond donors (Lipinski definition) is 1. The lowest BCUT2D eigenvalue weighted by Crippen LogP contribution is -2.71. The smallest absolute Gasteiger partial charge is 0.0684 e. The summed E-state index contributed by atoms with van der Waals surface area (Å²) in [4.78, 5) is 2.72. The number of fused-ring (bicyclic) bond motifs is 1. The van der Waals surface area contributed by atoms with Gasteiger partial charge in [-0.3, -0.25) is 0 Å². The summed E-state index contributed by atoms with van der Waals surface area (Å²) in [6.07, 6.45) is 8.74. The molecular formula is C17H30N2O. The second kappa shape index (κ2) is 4.96. The van der Waals surface area contributed by atoms with Crippen LogP contribution in [0, 0.1) is 11.3 Å². The van der Waals surface area contributed by atoms with Crippen molar-refractivity contribution in [1.82, 2.24) is 10.2 Å². The Morgan fingerprint density at radius 3 is 2.50 bits per heavy atom. The molecule has 2 aliphatic carbocycles. The third kappa shape index (κ3) is 2.22. The summed E-state index contributed by atoms with van der Waals surface area (Å²) < 4.78 is 6.02. The lowest BCUT2D eigenvalue weighted by molar-refractivity contribution is -0.195. The van der Waals surface area contributed by atoms with Crippen LogP contribution < -0.4 is 5.32 Å². The van der Waals surface area contributed by atoms with Gasteiger partial charge in [0, 0.05) is 36.1 Å². The zero-order chi connectivity index (χ0) is 13.7. The predicted molar refractivity (Wildman–Crippen MR) is 80.8 cm³/mol. The fraction of sp³-hybridized carbons (Fsp3) is 1.00. The number of likely N-dealkylation sites (tertiary alicyclic amines) is 1. The monoisotopic (exact) mass is 278 g/mol. The third-order valence-electron chi connectivity index (χ3n) is 6.34. The first kappa shape index (κ1) is 13.5. The van der Waals surface area contributed by atoms with Crippen molar-refractivity contribution in [3.63, 3.8) is 0 Å². The Morgan fingerprint density at radius 1 is 1.05 bits per heavy atom. The molecule has 4 aliphatic rings. The van der Waals surface area contributed by atoms with E-state index < -0.39 is 0 Å². The molecule has 4 fully saturated rings. The van der Waals surface area contributed by atoms with Crippen molar-refractivity contribution >= 4 is 0 Å². The highest BCUT2D eigenvalue weighted by molar-refractivity contribution is 5.11. The van der Waals surface area contributed by atoms with Crippen LogP contribution >= 0.6 is 0 Å². The van der Waals surface area contributed by atoms with Crippen molar-refractivity contribution in [1.29, 1.82) is 0 Å². The lowest BCUT2D eigenvalue weighted by Gasteiger charge is -2.61. The van der Waals surface area contributed by atoms with Crippen LogP contribution in [0.5, 0.6) is 0 Å². The molecule has 0 aromatic carbocycles. The van der Waals surface area contributed by atoms with Crippen molar-refractivity contribution in [3.8, 4) is 0 Å². The third-order valence-corrected chi connectivity index (χ3v) is 6.34. The average molecular weight is 278 g/mol. The van der Waals surface area contributed by atoms with Gasteiger partial charge in [0.2, 0.25) is 0 Å². The molecule has 3 nitrogen and oxygen atoms in total. The number of nitrogens with one attached hydrogen (secondary N) is 1. The van der Waals surface area contributed by atoms with Crippen molar-refractivity contribution < 1.29 is 4.74 Å². The molecule has 2 saturated carbocycles. The van der Waals surface area contributed by atoms with Gasteiger partial charge in [0.05, 0.1) is 6.10 Å². The van der Waals surface area contributed by atoms with Crippen molar-refractivity contribution in [2.45, 2.75) is 76.6 Å². The van der Waals surface area contributed by atoms with E-state index in [-0.39, 0.29) is 0 Å². The highest BCUT2D eigenvalue weighted by Crippen LogP contribution is 2.51. The highest BCUT2D eigenvalue weighted by atomic mass is 16.5. The fourth-order valence-electron chi connectivity index (χ4n) is 4.99. The maximum absolute atomic E-state index is 6.02. The topological polar surface area (TPSA) is 24.5 Å². The molecule has 0 bridgehead atoms. The SMILES string of the molecule is CC1(C)C(NC2CCN(C3CC3)CC2)C2CCCOC21. The summed E-state index contributed by atoms with van der Waals surface area (Å²) in [5.74, 6) is 0.778. The van der Waals surface area contributed by atoms with Gasteiger partial charge in [0.25, 0.3) is 0 Å². The molecule has 1 N–H and O–H groups in total. The van der Waals surface area contributed by atoms with E-state index >= 15 is 0 Å². The number of hydrogen-bond acceptors (Lipinski definition) is 3. The van der Waals surface area contributed by atoms with E-state index in [0.29, 0.717) is 17.6 Å². The van der Waals surface area contributed by atoms with E-state index in [1.165, 1.54) is 51.6 Å². The molecule has 3 unspecified atom stereocenters. The van der Waals surface area contributed by atoms with Gasteiger partial charge in [-0.15, -0.1) is 0 Å². The van der Waals surface area contributed by atoms with Crippen LogP contribution in [0.15, 0.2) is 0 Å². The molecule has 0 aromatic heterocycles. The summed E-state index contributed by atoms with van der Waals surface area (Å²) in [7, 11) is 0. The molecule has 2 aliphatic heterocycles. The minimum atomic E-state index is 0.332. The molecule has 0 amide bonds. The Kier molecular flexibility index (Phi) is 3.36. The Balaban J connectivity index is 1.32. The van der Waals surface area contributed by atoms with Gasteiger partial charge in [-0.05, 0) is 51.6 Å². The second-order valence-electron chi connectivity index (χ2n) is 8.10. The van der Waals surface area contributed by atoms with E-state index in [0.717, 1.165) is 24.6 Å². The molecule has 20 heavy (non-hydrogen) atoms. The molecular weight excluding hydrogens is 248 g/mol. The summed E-state index contributed by atoms with van der Waals surface area (Å²) in [5, 5.41) is 4.02. The maximum Gasteiger partial charge on any atom is 0.0684 e. The Hall–Kier alpha value is -0.120. The molecule has 3 heteroatoms. The normalized spacial score (nSPS) is 42.0. The molecule has 0 spiro atoms. The predicted octanol–water partition coefficient (Wildman–Crippen LogP) is 2.41. The molecule has 114 valence electrons. The zero-order valence-corrected chi connectivity index (χ0v) is 13.1. The second-order valence-corrected chi connectivity index (χ2v) is 8.10. The first-order valence-electron chi connectivity index (χ1n) is 8.78. The molecule has 0 radical (unpaired) electrons. The first-order valence-corrected chi connectivity index (χ1v) is 8.78. The van der Waals surface area contributed by atoms with Gasteiger partial charge in [-0.1, -0.05) is 13.8 Å². The zero-order valence-electron chi connectivity index (χ0n) is 13.1. The number of ether oxygens (including phenoxy) is 1. The van der Waals surface area contributed by atoms with Crippen molar-refractivity contribution in [3.05, 3.63) is 0 Å². The van der Waals surface area contributed by atoms with E-state index in [1.54, 1.807) is 0 Å². The summed E-state index contributed by atoms with van der Waals surface area (Å²) in [6, 6.07) is 2.38. The van der Waals surface area contributed by atoms with Crippen LogP contribution in [0.3, 0.4) is 0 Å². The van der Waals surface area contributed by atoms with E-state index in [1.807, 2.05) is 0 Å². The quantitative estimate of drug-likeness (QED) is 0.858. The van der Waals surface area contributed by atoms with Crippen LogP contribution in [0.25, 0.3) is 0 Å². The molecule has 0 aromatic rings. The van der Waals surface area contributed by atoms with Crippen LogP contribution in [-0.4, -0.2) is 48.8 Å². The van der Waals surface area contributed by atoms with Crippen molar-refractivity contribution in [2.24, 2.45) is 11.3 Å². The highest BCUT2D eigenvalue weighted by Gasteiger charge is 2.58. The van der Waals surface area contributed by atoms with Crippen LogP contribution in [0.4, 0.5) is 0 Å². The van der Waals surface area contributed by atoms with Crippen molar-refractivity contribution in [2.75, 3.05) is 19.7 Å². The molecule has 2 saturated heterocycles. The minimum Gasteiger partial charge on any atom is -0.377 e. The van der Waals surface area contributed by atoms with Gasteiger partial charge >= 0.3 is 0 Å². The summed E-state index contributed by atoms with van der Waals surface area (Å²) in [5.41, 5.74) is 0.332. The van der Waals surface area contributed by atoms with Gasteiger partial charge in [0.1, 0.15) is 0 Å². The van der Waals surface area contributed by atoms with Crippen LogP contribution in [0.2, 0.25) is 0 Å². The maximum atomic E-state index is 6.02. The molecule has 4 rings (SSSR count). The Bertz CT molecular complexity index is 358. The molecule has 2 heterocycles. The van der Waals surface area contributed by atoms with Gasteiger partial charge in [0.15, 0.2) is 0 Å². The van der Waals surface area contributed by atoms with Crippen LogP contribution in [-0.2, 0) is 4.74 Å². The standard InChI is InChI=1S/C17H30N2O/c1-17(2)15(14-4-3-11-20-16(14)17)18-12-7-9-19(10-8-12)13-5-6-13/h12-16,18H,3-11H2,1-2H3. The number of rotatable bonds is 3. The summed E-state index contributed by atoms with van der Waals surface area (Å²) >= 11 is 0. The van der Waals surface area contributed by atoms with Gasteiger partial charge < -0.3 is 15.0 Å². The fourth-order valence-corrected chi connectivity index (χ4v) is 4.99. The largest absolute Gasteiger partial charge is 0.377 e. The van der Waals surface area contributed by atoms with Gasteiger partial charge in [-0.2, -0.15) is 0 Å². The number of piperidine rings is 1. The first-order chi connectivity index (χ1) is 9.66. The molecule has 3 atom stereocenters. The van der Waals surface area contributed by atoms with E-state index in [4.69, 9.17) is 4.74 Å². The Morgan fingerprint density at radius 2 is 1.80 bits per heavy atom. The summed E-state index contributed by atoms with van der Waals surface area (Å²) in [6.45, 7) is 8.42. The number of nitrogens with zero attached hydrogens (tertiary/aromatic N) is 1. The minimum absolute atomic E-state index is 0.332.